The third kappa shape index (κ3) is 2.78. The summed E-state index contributed by atoms with van der Waals surface area (Å²) < 4.78 is 11.0. The van der Waals surface area contributed by atoms with E-state index < -0.39 is 54.0 Å². The molecule has 0 aromatic heterocycles. The maximum Gasteiger partial charge on any atom is 0.306 e. The van der Waals surface area contributed by atoms with Gasteiger partial charge in [0.25, 0.3) is 0 Å². The van der Waals surface area contributed by atoms with Gasteiger partial charge in [0.2, 0.25) is 17.7 Å². The van der Waals surface area contributed by atoms with E-state index in [0.717, 1.165) is 4.90 Å². The van der Waals surface area contributed by atoms with Crippen molar-refractivity contribution in [3.05, 3.63) is 30.3 Å². The Labute approximate surface area is 160 Å². The Bertz CT molecular complexity index is 827. The number of benzene rings is 1. The minimum absolute atomic E-state index is 0.0433. The third-order valence-corrected chi connectivity index (χ3v) is 5.53. The van der Waals surface area contributed by atoms with Crippen LogP contribution < -0.4 is 10.2 Å². The first-order chi connectivity index (χ1) is 13.4. The number of nitrogens with zero attached hydrogens (tertiary/aromatic N) is 1. The number of ether oxygens (including phenoxy) is 2. The zero-order valence-electron chi connectivity index (χ0n) is 15.1. The second-order valence-corrected chi connectivity index (χ2v) is 7.08. The molecule has 6 unspecified atom stereocenters. The average Bonchev–Trinajstić information content (AvgIpc) is 3.31. The van der Waals surface area contributed by atoms with Gasteiger partial charge in [0.15, 0.2) is 6.10 Å². The van der Waals surface area contributed by atoms with Gasteiger partial charge in [-0.3, -0.25) is 19.2 Å². The summed E-state index contributed by atoms with van der Waals surface area (Å²) in [5.74, 6) is -3.43. The minimum Gasteiger partial charge on any atom is -0.457 e. The van der Waals surface area contributed by atoms with Gasteiger partial charge >= 0.3 is 5.97 Å². The van der Waals surface area contributed by atoms with Crippen LogP contribution in [0, 0.1) is 11.8 Å². The van der Waals surface area contributed by atoms with Gasteiger partial charge < -0.3 is 19.9 Å². The second-order valence-electron chi connectivity index (χ2n) is 7.08. The minimum atomic E-state index is -1.21. The number of amides is 3. The van der Waals surface area contributed by atoms with Gasteiger partial charge in [-0.1, -0.05) is 18.2 Å². The molecule has 6 atom stereocenters. The summed E-state index contributed by atoms with van der Waals surface area (Å²) in [6, 6.07) is 8.54. The van der Waals surface area contributed by atoms with Gasteiger partial charge in [0, 0.05) is 13.5 Å². The zero-order chi connectivity index (χ0) is 20.0. The van der Waals surface area contributed by atoms with E-state index >= 15 is 0 Å². The molecule has 148 valence electrons. The van der Waals surface area contributed by atoms with E-state index in [1.165, 1.54) is 7.05 Å². The molecule has 9 nitrogen and oxygen atoms in total. The Hall–Kier alpha value is -2.78. The number of fused-ring (bicyclic) bond motifs is 5. The van der Waals surface area contributed by atoms with Gasteiger partial charge in [0.05, 0.1) is 23.9 Å². The Morgan fingerprint density at radius 3 is 2.39 bits per heavy atom. The van der Waals surface area contributed by atoms with Crippen molar-refractivity contribution in [3.8, 4) is 0 Å². The van der Waals surface area contributed by atoms with Crippen LogP contribution >= 0.6 is 0 Å². The molecule has 3 amide bonds. The zero-order valence-corrected chi connectivity index (χ0v) is 15.1. The number of nitrogens with one attached hydrogen (secondary N) is 1. The number of hydrogen-bond donors (Lipinski definition) is 2. The smallest absolute Gasteiger partial charge is 0.306 e. The van der Waals surface area contributed by atoms with Gasteiger partial charge in [0.1, 0.15) is 18.3 Å². The van der Waals surface area contributed by atoms with E-state index in [9.17, 15) is 24.3 Å². The van der Waals surface area contributed by atoms with Crippen LogP contribution in [0.1, 0.15) is 12.8 Å². The van der Waals surface area contributed by atoms with Crippen LogP contribution in [-0.4, -0.2) is 60.3 Å². The summed E-state index contributed by atoms with van der Waals surface area (Å²) in [6.07, 6.45) is -4.25. The van der Waals surface area contributed by atoms with Crippen LogP contribution in [0.2, 0.25) is 0 Å². The number of aliphatic hydroxyl groups excluding tert-OH is 1. The fraction of sp³-hybridized carbons (Fsp3) is 0.474. The molecule has 0 radical (unpaired) electrons. The quantitative estimate of drug-likeness (QED) is 0.509. The van der Waals surface area contributed by atoms with Crippen LogP contribution in [0.15, 0.2) is 30.3 Å². The number of esters is 1. The Morgan fingerprint density at radius 2 is 1.75 bits per heavy atom. The lowest BCUT2D eigenvalue weighted by molar-refractivity contribution is -0.160. The highest BCUT2D eigenvalue weighted by Gasteiger charge is 2.70. The summed E-state index contributed by atoms with van der Waals surface area (Å²) in [7, 11) is 1.46. The molecule has 4 rings (SSSR count). The largest absolute Gasteiger partial charge is 0.457 e. The number of rotatable bonds is 5. The summed E-state index contributed by atoms with van der Waals surface area (Å²) in [5, 5.41) is 12.9. The van der Waals surface area contributed by atoms with Crippen LogP contribution in [0.5, 0.6) is 0 Å². The molecule has 0 saturated carbocycles. The number of imide groups is 1. The summed E-state index contributed by atoms with van der Waals surface area (Å²) in [5.41, 5.74) is 0.458. The molecule has 3 saturated heterocycles. The highest BCUT2D eigenvalue weighted by atomic mass is 16.6. The van der Waals surface area contributed by atoms with Crippen LogP contribution in [0.25, 0.3) is 0 Å². The van der Waals surface area contributed by atoms with Crippen molar-refractivity contribution in [2.75, 3.05) is 11.9 Å². The lowest BCUT2D eigenvalue weighted by atomic mass is 9.78. The first-order valence-corrected chi connectivity index (χ1v) is 9.10. The normalized spacial score (nSPS) is 33.1. The van der Waals surface area contributed by atoms with Crippen molar-refractivity contribution in [1.29, 1.82) is 0 Å². The van der Waals surface area contributed by atoms with Crippen molar-refractivity contribution in [2.24, 2.45) is 11.8 Å². The van der Waals surface area contributed by atoms with Gasteiger partial charge in [-0.15, -0.1) is 0 Å². The molecular weight excluding hydrogens is 368 g/mol. The number of aliphatic hydroxyl groups is 1. The number of anilines is 1. The Balaban J connectivity index is 1.50. The maximum atomic E-state index is 12.9. The fourth-order valence-corrected chi connectivity index (χ4v) is 4.23. The summed E-state index contributed by atoms with van der Waals surface area (Å²) in [4.78, 5) is 50.2. The van der Waals surface area contributed by atoms with Crippen molar-refractivity contribution in [1.82, 2.24) is 5.32 Å². The summed E-state index contributed by atoms with van der Waals surface area (Å²) in [6.45, 7) is 0. The molecule has 3 fully saturated rings. The third-order valence-electron chi connectivity index (χ3n) is 5.53. The molecule has 3 heterocycles. The Kier molecular flexibility index (Phi) is 4.64. The van der Waals surface area contributed by atoms with Gasteiger partial charge in [-0.25, -0.2) is 4.90 Å². The van der Waals surface area contributed by atoms with Crippen LogP contribution in [-0.2, 0) is 28.7 Å². The van der Waals surface area contributed by atoms with E-state index in [2.05, 4.69) is 5.32 Å². The van der Waals surface area contributed by atoms with Crippen molar-refractivity contribution in [3.63, 3.8) is 0 Å². The molecule has 1 aromatic carbocycles. The number of carbonyl (C=O) groups is 4. The molecular formula is C19H20N2O7. The number of carbonyl (C=O) groups excluding carboxylic acids is 4. The highest BCUT2D eigenvalue weighted by Crippen LogP contribution is 2.50. The first-order valence-electron chi connectivity index (χ1n) is 9.10. The molecule has 0 aliphatic carbocycles. The monoisotopic (exact) mass is 388 g/mol. The predicted molar refractivity (Wildman–Crippen MR) is 93.8 cm³/mol. The molecule has 3 aliphatic heterocycles. The standard InChI is InChI=1S/C19H20N2O7/c1-20-10(22)7-8-11(23)27-17-14(24)15-12-13(16(17)28-15)19(26)21(18(12)25)9-5-3-2-4-6-9/h2-6,12-17,24H,7-8H2,1H3,(H,20,22). The molecule has 9 heteroatoms. The average molecular weight is 388 g/mol. The highest BCUT2D eigenvalue weighted by molar-refractivity contribution is 6.22. The Morgan fingerprint density at radius 1 is 1.11 bits per heavy atom. The van der Waals surface area contributed by atoms with E-state index in [-0.39, 0.29) is 18.7 Å². The van der Waals surface area contributed by atoms with Crippen LogP contribution in [0.3, 0.4) is 0 Å². The van der Waals surface area contributed by atoms with Crippen molar-refractivity contribution < 1.29 is 33.8 Å². The van der Waals surface area contributed by atoms with Crippen molar-refractivity contribution >= 4 is 29.4 Å². The number of para-hydroxylation sites is 1. The molecule has 0 spiro atoms. The van der Waals surface area contributed by atoms with E-state index in [1.807, 2.05) is 0 Å². The second kappa shape index (κ2) is 6.99. The van der Waals surface area contributed by atoms with Crippen LogP contribution in [0.4, 0.5) is 5.69 Å². The van der Waals surface area contributed by atoms with Gasteiger partial charge in [-0.05, 0) is 12.1 Å². The topological polar surface area (TPSA) is 122 Å². The van der Waals surface area contributed by atoms with E-state index in [4.69, 9.17) is 9.47 Å². The molecule has 2 N–H and O–H groups in total. The van der Waals surface area contributed by atoms with E-state index in [1.54, 1.807) is 30.3 Å². The SMILES string of the molecule is CNC(=O)CCC(=O)OC1C(O)C2OC1C1C(=O)N(c3ccccc3)C(=O)C21. The molecule has 28 heavy (non-hydrogen) atoms. The maximum absolute atomic E-state index is 12.9. The molecule has 3 aliphatic rings. The lowest BCUT2D eigenvalue weighted by Crippen LogP contribution is -2.49. The predicted octanol–water partition coefficient (Wildman–Crippen LogP) is -0.628. The first kappa shape index (κ1) is 18.6. The fourth-order valence-electron chi connectivity index (χ4n) is 4.23. The molecule has 1 aromatic rings. The number of hydrogen-bond acceptors (Lipinski definition) is 7. The van der Waals surface area contributed by atoms with Gasteiger partial charge in [-0.2, -0.15) is 0 Å². The van der Waals surface area contributed by atoms with E-state index in [0.29, 0.717) is 5.69 Å². The molecule has 2 bridgehead atoms. The van der Waals surface area contributed by atoms with Crippen molar-refractivity contribution in [2.45, 2.75) is 37.3 Å². The summed E-state index contributed by atoms with van der Waals surface area (Å²) >= 11 is 0. The lowest BCUT2D eigenvalue weighted by Gasteiger charge is -2.28.